The van der Waals surface area contributed by atoms with Gasteiger partial charge in [-0.2, -0.15) is 5.26 Å². The summed E-state index contributed by atoms with van der Waals surface area (Å²) in [5, 5.41) is 12.6. The molecular formula is C20H24N4. The maximum atomic E-state index is 8.86. The Morgan fingerprint density at radius 1 is 1.25 bits per heavy atom. The first kappa shape index (κ1) is 16.5. The van der Waals surface area contributed by atoms with E-state index in [2.05, 4.69) is 59.4 Å². The predicted octanol–water partition coefficient (Wildman–Crippen LogP) is 3.58. The second-order valence-electron chi connectivity index (χ2n) is 6.58. The Kier molecular flexibility index (Phi) is 5.12. The molecule has 2 heterocycles. The first-order valence-corrected chi connectivity index (χ1v) is 8.59. The van der Waals surface area contributed by atoms with Crippen molar-refractivity contribution >= 4 is 5.82 Å². The fourth-order valence-corrected chi connectivity index (χ4v) is 3.30. The van der Waals surface area contributed by atoms with Crippen LogP contribution in [-0.4, -0.2) is 24.1 Å². The summed E-state index contributed by atoms with van der Waals surface area (Å²) in [6.45, 7) is 6.37. The Labute approximate surface area is 144 Å². The molecule has 1 N–H and O–H groups in total. The van der Waals surface area contributed by atoms with E-state index in [-0.39, 0.29) is 0 Å². The van der Waals surface area contributed by atoms with Gasteiger partial charge in [0.15, 0.2) is 0 Å². The summed E-state index contributed by atoms with van der Waals surface area (Å²) in [5.41, 5.74) is 3.27. The molecule has 0 amide bonds. The minimum atomic E-state index is 0.370. The number of rotatable bonds is 4. The van der Waals surface area contributed by atoms with Crippen LogP contribution in [0.1, 0.15) is 42.5 Å². The van der Waals surface area contributed by atoms with Gasteiger partial charge in [0.05, 0.1) is 5.56 Å². The van der Waals surface area contributed by atoms with Crippen LogP contribution in [0.3, 0.4) is 0 Å². The number of nitrogens with zero attached hydrogens (tertiary/aromatic N) is 3. The summed E-state index contributed by atoms with van der Waals surface area (Å²) in [5.74, 6) is 0.971. The van der Waals surface area contributed by atoms with E-state index in [1.807, 2.05) is 12.1 Å². The van der Waals surface area contributed by atoms with Crippen LogP contribution in [-0.2, 0) is 0 Å². The quantitative estimate of drug-likeness (QED) is 0.935. The topological polar surface area (TPSA) is 52.0 Å². The minimum Gasteiger partial charge on any atom is -0.357 e. The van der Waals surface area contributed by atoms with Gasteiger partial charge >= 0.3 is 0 Å². The lowest BCUT2D eigenvalue weighted by Crippen LogP contribution is -2.43. The van der Waals surface area contributed by atoms with E-state index in [4.69, 9.17) is 5.26 Å². The molecule has 1 aliphatic heterocycles. The molecule has 1 atom stereocenters. The van der Waals surface area contributed by atoms with E-state index in [9.17, 15) is 0 Å². The zero-order valence-electron chi connectivity index (χ0n) is 14.4. The Morgan fingerprint density at radius 3 is 2.67 bits per heavy atom. The van der Waals surface area contributed by atoms with Gasteiger partial charge in [0, 0.05) is 31.4 Å². The molecule has 1 aromatic heterocycles. The van der Waals surface area contributed by atoms with Gasteiger partial charge in [-0.1, -0.05) is 29.8 Å². The second kappa shape index (κ2) is 7.46. The molecule has 0 saturated carbocycles. The fourth-order valence-electron chi connectivity index (χ4n) is 3.30. The lowest BCUT2D eigenvalue weighted by molar-refractivity contribution is 0.380. The number of nitrogens with one attached hydrogen (secondary N) is 1. The summed E-state index contributed by atoms with van der Waals surface area (Å²) < 4.78 is 0. The molecule has 0 spiro atoms. The van der Waals surface area contributed by atoms with E-state index in [0.717, 1.165) is 31.7 Å². The SMILES string of the molecule is Cc1cccc([C@H](C)NC2CCN(c3ccc(C#N)cn3)CC2)c1. The summed E-state index contributed by atoms with van der Waals surface area (Å²) >= 11 is 0. The second-order valence-corrected chi connectivity index (χ2v) is 6.58. The highest BCUT2D eigenvalue weighted by atomic mass is 15.2. The van der Waals surface area contributed by atoms with Gasteiger partial charge in [0.1, 0.15) is 11.9 Å². The van der Waals surface area contributed by atoms with Crippen molar-refractivity contribution in [2.45, 2.75) is 38.8 Å². The summed E-state index contributed by atoms with van der Waals surface area (Å²) in [6, 6.07) is 15.5. The molecule has 0 unspecified atom stereocenters. The lowest BCUT2D eigenvalue weighted by atomic mass is 10.0. The van der Waals surface area contributed by atoms with Crippen molar-refractivity contribution in [3.8, 4) is 6.07 Å². The smallest absolute Gasteiger partial charge is 0.128 e. The molecule has 2 aromatic rings. The van der Waals surface area contributed by atoms with Gasteiger partial charge < -0.3 is 10.2 Å². The minimum absolute atomic E-state index is 0.370. The van der Waals surface area contributed by atoms with Crippen LogP contribution in [0.4, 0.5) is 5.82 Å². The Balaban J connectivity index is 1.54. The maximum absolute atomic E-state index is 8.86. The molecule has 1 aliphatic rings. The molecule has 0 aliphatic carbocycles. The first-order valence-electron chi connectivity index (χ1n) is 8.59. The average Bonchev–Trinajstić information content (AvgIpc) is 2.62. The van der Waals surface area contributed by atoms with Crippen LogP contribution in [0.5, 0.6) is 0 Å². The van der Waals surface area contributed by atoms with Crippen molar-refractivity contribution in [1.29, 1.82) is 5.26 Å². The van der Waals surface area contributed by atoms with E-state index in [0.29, 0.717) is 17.6 Å². The van der Waals surface area contributed by atoms with E-state index < -0.39 is 0 Å². The van der Waals surface area contributed by atoms with Crippen molar-refractivity contribution in [2.24, 2.45) is 0 Å². The third-order valence-electron chi connectivity index (χ3n) is 4.72. The Hall–Kier alpha value is -2.38. The molecule has 1 saturated heterocycles. The van der Waals surface area contributed by atoms with Crippen LogP contribution in [0, 0.1) is 18.3 Å². The number of anilines is 1. The highest BCUT2D eigenvalue weighted by Crippen LogP contribution is 2.21. The molecule has 4 nitrogen and oxygen atoms in total. The molecule has 0 bridgehead atoms. The average molecular weight is 320 g/mol. The maximum Gasteiger partial charge on any atom is 0.128 e. The van der Waals surface area contributed by atoms with Gasteiger partial charge in [-0.25, -0.2) is 4.98 Å². The molecule has 124 valence electrons. The van der Waals surface area contributed by atoms with E-state index in [1.54, 1.807) is 6.20 Å². The van der Waals surface area contributed by atoms with E-state index >= 15 is 0 Å². The molecular weight excluding hydrogens is 296 g/mol. The van der Waals surface area contributed by atoms with Gasteiger partial charge in [0.2, 0.25) is 0 Å². The number of pyridine rings is 1. The van der Waals surface area contributed by atoms with Crippen molar-refractivity contribution in [1.82, 2.24) is 10.3 Å². The monoisotopic (exact) mass is 320 g/mol. The summed E-state index contributed by atoms with van der Waals surface area (Å²) in [7, 11) is 0. The van der Waals surface area contributed by atoms with Crippen molar-refractivity contribution in [2.75, 3.05) is 18.0 Å². The summed E-state index contributed by atoms with van der Waals surface area (Å²) in [6.07, 6.45) is 3.87. The van der Waals surface area contributed by atoms with Crippen molar-refractivity contribution < 1.29 is 0 Å². The third-order valence-corrected chi connectivity index (χ3v) is 4.72. The van der Waals surface area contributed by atoms with Gasteiger partial charge in [-0.3, -0.25) is 0 Å². The van der Waals surface area contributed by atoms with Crippen molar-refractivity contribution in [3.05, 3.63) is 59.3 Å². The van der Waals surface area contributed by atoms with Crippen LogP contribution in [0.15, 0.2) is 42.6 Å². The summed E-state index contributed by atoms with van der Waals surface area (Å²) in [4.78, 5) is 6.70. The zero-order valence-corrected chi connectivity index (χ0v) is 14.4. The number of hydrogen-bond acceptors (Lipinski definition) is 4. The van der Waals surface area contributed by atoms with Gasteiger partial charge in [-0.05, 0) is 44.4 Å². The van der Waals surface area contributed by atoms with E-state index in [1.165, 1.54) is 11.1 Å². The molecule has 4 heteroatoms. The van der Waals surface area contributed by atoms with Crippen LogP contribution < -0.4 is 10.2 Å². The van der Waals surface area contributed by atoms with Crippen LogP contribution in [0.2, 0.25) is 0 Å². The molecule has 0 radical (unpaired) electrons. The largest absolute Gasteiger partial charge is 0.357 e. The standard InChI is InChI=1S/C20H24N4/c1-15-4-3-5-18(12-15)16(2)23-19-8-10-24(11-9-19)20-7-6-17(13-21)14-22-20/h3-7,12,14,16,19,23H,8-11H2,1-2H3/t16-/m0/s1. The Morgan fingerprint density at radius 2 is 2.04 bits per heavy atom. The molecule has 1 fully saturated rings. The van der Waals surface area contributed by atoms with Gasteiger partial charge in [0.25, 0.3) is 0 Å². The zero-order chi connectivity index (χ0) is 16.9. The number of aromatic nitrogens is 1. The predicted molar refractivity (Wildman–Crippen MR) is 96.9 cm³/mol. The number of aryl methyl sites for hydroxylation is 1. The Bertz CT molecular complexity index is 709. The highest BCUT2D eigenvalue weighted by Gasteiger charge is 2.21. The first-order chi connectivity index (χ1) is 11.7. The number of nitriles is 1. The molecule has 24 heavy (non-hydrogen) atoms. The van der Waals surface area contributed by atoms with Crippen molar-refractivity contribution in [3.63, 3.8) is 0 Å². The van der Waals surface area contributed by atoms with Crippen LogP contribution in [0.25, 0.3) is 0 Å². The van der Waals surface area contributed by atoms with Gasteiger partial charge in [-0.15, -0.1) is 0 Å². The third kappa shape index (κ3) is 3.93. The fraction of sp³-hybridized carbons (Fsp3) is 0.400. The van der Waals surface area contributed by atoms with Crippen LogP contribution >= 0.6 is 0 Å². The number of piperidine rings is 1. The number of hydrogen-bond donors (Lipinski definition) is 1. The molecule has 3 rings (SSSR count). The normalized spacial score (nSPS) is 16.6. The number of benzene rings is 1. The lowest BCUT2D eigenvalue weighted by Gasteiger charge is -2.34. The molecule has 1 aromatic carbocycles. The highest BCUT2D eigenvalue weighted by molar-refractivity contribution is 5.42.